The van der Waals surface area contributed by atoms with E-state index >= 15 is 0 Å². The standard InChI is InChI=1S/C12H18N2O3S/c1-9-3-4-11(7-10(9)2)18(16,17)8-12(15)14-6-5-13/h3-4,7H,5-6,8,13H2,1-2H3,(H,14,15). The lowest BCUT2D eigenvalue weighted by atomic mass is 10.1. The van der Waals surface area contributed by atoms with Crippen molar-refractivity contribution in [2.24, 2.45) is 5.73 Å². The third-order valence-corrected chi connectivity index (χ3v) is 4.24. The van der Waals surface area contributed by atoms with Crippen LogP contribution in [0.15, 0.2) is 23.1 Å². The number of carbonyl (C=O) groups excluding carboxylic acids is 1. The summed E-state index contributed by atoms with van der Waals surface area (Å²) in [5.74, 6) is -1.08. The van der Waals surface area contributed by atoms with Crippen LogP contribution in [0.2, 0.25) is 0 Å². The van der Waals surface area contributed by atoms with Crippen LogP contribution in [0.25, 0.3) is 0 Å². The van der Waals surface area contributed by atoms with Crippen molar-refractivity contribution in [1.82, 2.24) is 5.32 Å². The number of hydrogen-bond donors (Lipinski definition) is 2. The Morgan fingerprint density at radius 1 is 1.28 bits per heavy atom. The van der Waals surface area contributed by atoms with E-state index in [1.54, 1.807) is 12.1 Å². The van der Waals surface area contributed by atoms with Gasteiger partial charge in [-0.3, -0.25) is 4.79 Å². The van der Waals surface area contributed by atoms with Crippen LogP contribution >= 0.6 is 0 Å². The Bertz CT molecular complexity index is 538. The van der Waals surface area contributed by atoms with Crippen LogP contribution in [0, 0.1) is 13.8 Å². The maximum absolute atomic E-state index is 12.0. The number of nitrogens with one attached hydrogen (secondary N) is 1. The van der Waals surface area contributed by atoms with Crippen molar-refractivity contribution in [3.63, 3.8) is 0 Å². The van der Waals surface area contributed by atoms with E-state index in [1.807, 2.05) is 13.8 Å². The zero-order chi connectivity index (χ0) is 13.8. The number of carbonyl (C=O) groups is 1. The molecule has 0 saturated carbocycles. The fraction of sp³-hybridized carbons (Fsp3) is 0.417. The summed E-state index contributed by atoms with van der Waals surface area (Å²) in [6.07, 6.45) is 0. The highest BCUT2D eigenvalue weighted by atomic mass is 32.2. The van der Waals surface area contributed by atoms with Crippen LogP contribution in [0.5, 0.6) is 0 Å². The number of rotatable bonds is 5. The van der Waals surface area contributed by atoms with Crippen molar-refractivity contribution >= 4 is 15.7 Å². The minimum absolute atomic E-state index is 0.175. The SMILES string of the molecule is Cc1ccc(S(=O)(=O)CC(=O)NCCN)cc1C. The average molecular weight is 270 g/mol. The van der Waals surface area contributed by atoms with Crippen LogP contribution < -0.4 is 11.1 Å². The zero-order valence-corrected chi connectivity index (χ0v) is 11.4. The number of nitrogens with two attached hydrogens (primary N) is 1. The normalized spacial score (nSPS) is 11.3. The average Bonchev–Trinajstić information content (AvgIpc) is 2.29. The van der Waals surface area contributed by atoms with Crippen molar-refractivity contribution in [3.8, 4) is 0 Å². The molecule has 0 spiro atoms. The second-order valence-corrected chi connectivity index (χ2v) is 6.13. The summed E-state index contributed by atoms with van der Waals surface area (Å²) in [6, 6.07) is 4.84. The lowest BCUT2D eigenvalue weighted by Gasteiger charge is -2.07. The van der Waals surface area contributed by atoms with Gasteiger partial charge in [0.25, 0.3) is 0 Å². The Labute approximate surface area is 107 Å². The summed E-state index contributed by atoms with van der Waals surface area (Å²) in [7, 11) is -3.58. The van der Waals surface area contributed by atoms with Gasteiger partial charge in [0.15, 0.2) is 9.84 Å². The second kappa shape index (κ2) is 5.97. The third-order valence-electron chi connectivity index (χ3n) is 2.63. The van der Waals surface area contributed by atoms with Crippen molar-refractivity contribution in [1.29, 1.82) is 0 Å². The summed E-state index contributed by atoms with van der Waals surface area (Å²) >= 11 is 0. The summed E-state index contributed by atoms with van der Waals surface area (Å²) in [5.41, 5.74) is 7.13. The Kier molecular flexibility index (Phi) is 4.86. The van der Waals surface area contributed by atoms with Gasteiger partial charge in [0, 0.05) is 13.1 Å². The smallest absolute Gasteiger partial charge is 0.235 e. The van der Waals surface area contributed by atoms with Gasteiger partial charge in [-0.25, -0.2) is 8.42 Å². The Morgan fingerprint density at radius 2 is 1.94 bits per heavy atom. The van der Waals surface area contributed by atoms with Crippen LogP contribution in [-0.2, 0) is 14.6 Å². The molecule has 0 fully saturated rings. The van der Waals surface area contributed by atoms with Gasteiger partial charge in [-0.2, -0.15) is 0 Å². The topological polar surface area (TPSA) is 89.3 Å². The number of sulfone groups is 1. The second-order valence-electron chi connectivity index (χ2n) is 4.14. The molecule has 0 bridgehead atoms. The molecule has 18 heavy (non-hydrogen) atoms. The van der Waals surface area contributed by atoms with E-state index in [4.69, 9.17) is 5.73 Å². The molecular formula is C12H18N2O3S. The summed E-state index contributed by atoms with van der Waals surface area (Å²) in [5, 5.41) is 2.44. The largest absolute Gasteiger partial charge is 0.354 e. The molecule has 1 aromatic rings. The fourth-order valence-electron chi connectivity index (χ4n) is 1.43. The zero-order valence-electron chi connectivity index (χ0n) is 10.6. The summed E-state index contributed by atoms with van der Waals surface area (Å²) < 4.78 is 24.0. The van der Waals surface area contributed by atoms with E-state index in [2.05, 4.69) is 5.32 Å². The molecule has 6 heteroatoms. The van der Waals surface area contributed by atoms with Gasteiger partial charge in [-0.1, -0.05) is 6.07 Å². The van der Waals surface area contributed by atoms with E-state index in [1.165, 1.54) is 6.07 Å². The Balaban J connectivity index is 2.86. The molecule has 0 radical (unpaired) electrons. The van der Waals surface area contributed by atoms with Crippen molar-refractivity contribution < 1.29 is 13.2 Å². The van der Waals surface area contributed by atoms with Crippen LogP contribution in [0.4, 0.5) is 0 Å². The lowest BCUT2D eigenvalue weighted by molar-refractivity contribution is -0.118. The van der Waals surface area contributed by atoms with Gasteiger partial charge in [0.2, 0.25) is 5.91 Å². The molecule has 0 aromatic heterocycles. The summed E-state index contributed by atoms with van der Waals surface area (Å²) in [6.45, 7) is 4.30. The molecule has 1 amide bonds. The molecule has 0 saturated heterocycles. The van der Waals surface area contributed by atoms with E-state index in [0.717, 1.165) is 11.1 Å². The van der Waals surface area contributed by atoms with E-state index < -0.39 is 21.5 Å². The first kappa shape index (κ1) is 14.7. The van der Waals surface area contributed by atoms with Gasteiger partial charge in [-0.15, -0.1) is 0 Å². The molecule has 1 aromatic carbocycles. The maximum atomic E-state index is 12.0. The first-order valence-corrected chi connectivity index (χ1v) is 7.29. The summed E-state index contributed by atoms with van der Waals surface area (Å²) in [4.78, 5) is 11.6. The third kappa shape index (κ3) is 3.82. The van der Waals surface area contributed by atoms with E-state index in [-0.39, 0.29) is 18.0 Å². The Hall–Kier alpha value is -1.40. The van der Waals surface area contributed by atoms with Crippen LogP contribution in [0.1, 0.15) is 11.1 Å². The van der Waals surface area contributed by atoms with Gasteiger partial charge in [-0.05, 0) is 37.1 Å². The molecule has 3 N–H and O–H groups in total. The van der Waals surface area contributed by atoms with E-state index in [9.17, 15) is 13.2 Å². The molecule has 1 rings (SSSR count). The van der Waals surface area contributed by atoms with Gasteiger partial charge in [0.1, 0.15) is 5.75 Å². The molecule has 0 aliphatic heterocycles. The number of amides is 1. The Morgan fingerprint density at radius 3 is 2.50 bits per heavy atom. The molecule has 0 aliphatic rings. The molecule has 5 nitrogen and oxygen atoms in total. The first-order valence-electron chi connectivity index (χ1n) is 5.63. The van der Waals surface area contributed by atoms with Gasteiger partial charge >= 0.3 is 0 Å². The number of hydrogen-bond acceptors (Lipinski definition) is 4. The molecule has 0 atom stereocenters. The highest BCUT2D eigenvalue weighted by Gasteiger charge is 2.19. The lowest BCUT2D eigenvalue weighted by Crippen LogP contribution is -2.33. The maximum Gasteiger partial charge on any atom is 0.235 e. The molecule has 0 unspecified atom stereocenters. The number of benzene rings is 1. The first-order chi connectivity index (χ1) is 8.36. The molecule has 0 aliphatic carbocycles. The quantitative estimate of drug-likeness (QED) is 0.797. The fourth-order valence-corrected chi connectivity index (χ4v) is 2.67. The molecule has 100 valence electrons. The van der Waals surface area contributed by atoms with Crippen molar-refractivity contribution in [2.45, 2.75) is 18.7 Å². The highest BCUT2D eigenvalue weighted by Crippen LogP contribution is 2.15. The molecular weight excluding hydrogens is 252 g/mol. The van der Waals surface area contributed by atoms with Gasteiger partial charge in [0.05, 0.1) is 4.90 Å². The van der Waals surface area contributed by atoms with Gasteiger partial charge < -0.3 is 11.1 Å². The van der Waals surface area contributed by atoms with E-state index in [0.29, 0.717) is 0 Å². The van der Waals surface area contributed by atoms with Crippen molar-refractivity contribution in [2.75, 3.05) is 18.8 Å². The van der Waals surface area contributed by atoms with Crippen LogP contribution in [-0.4, -0.2) is 33.2 Å². The highest BCUT2D eigenvalue weighted by molar-refractivity contribution is 7.92. The van der Waals surface area contributed by atoms with Crippen LogP contribution in [0.3, 0.4) is 0 Å². The molecule has 0 heterocycles. The van der Waals surface area contributed by atoms with Crippen molar-refractivity contribution in [3.05, 3.63) is 29.3 Å². The predicted molar refractivity (Wildman–Crippen MR) is 70.0 cm³/mol. The monoisotopic (exact) mass is 270 g/mol. The minimum atomic E-state index is -3.58. The minimum Gasteiger partial charge on any atom is -0.354 e. The predicted octanol–water partition coefficient (Wildman–Crippen LogP) is 0.152. The number of aryl methyl sites for hydroxylation is 2.